The molecule has 0 radical (unpaired) electrons. The van der Waals surface area contributed by atoms with Crippen LogP contribution >= 0.6 is 11.6 Å². The first kappa shape index (κ1) is 10.1. The van der Waals surface area contributed by atoms with Crippen LogP contribution in [0.1, 0.15) is 5.56 Å². The molecule has 0 bridgehead atoms. The van der Waals surface area contributed by atoms with Crippen molar-refractivity contribution in [3.8, 4) is 11.1 Å². The van der Waals surface area contributed by atoms with E-state index in [1.54, 1.807) is 12.4 Å². The molecule has 0 saturated carbocycles. The lowest BCUT2D eigenvalue weighted by Gasteiger charge is -2.08. The van der Waals surface area contributed by atoms with Gasteiger partial charge in [0.25, 0.3) is 0 Å². The summed E-state index contributed by atoms with van der Waals surface area (Å²) in [5.74, 6) is 0. The minimum Gasteiger partial charge on any atom is -0.326 e. The van der Waals surface area contributed by atoms with Crippen molar-refractivity contribution in [3.05, 3.63) is 53.3 Å². The summed E-state index contributed by atoms with van der Waals surface area (Å²) in [7, 11) is 0. The van der Waals surface area contributed by atoms with Crippen LogP contribution in [0, 0.1) is 0 Å². The maximum Gasteiger partial charge on any atom is 0.0485 e. The molecule has 2 N–H and O–H groups in total. The zero-order chi connectivity index (χ0) is 10.7. The molecule has 2 aromatic rings. The average Bonchev–Trinajstić information content (AvgIpc) is 2.30. The van der Waals surface area contributed by atoms with Crippen molar-refractivity contribution in [2.75, 3.05) is 0 Å². The molecule has 76 valence electrons. The van der Waals surface area contributed by atoms with Gasteiger partial charge in [0.2, 0.25) is 0 Å². The molecule has 0 saturated heterocycles. The van der Waals surface area contributed by atoms with Gasteiger partial charge in [-0.2, -0.15) is 0 Å². The quantitative estimate of drug-likeness (QED) is 0.842. The molecule has 0 unspecified atom stereocenters. The van der Waals surface area contributed by atoms with Crippen molar-refractivity contribution in [2.45, 2.75) is 6.54 Å². The Morgan fingerprint density at radius 2 is 1.93 bits per heavy atom. The number of halogens is 1. The Bertz CT molecular complexity index is 469. The van der Waals surface area contributed by atoms with Gasteiger partial charge in [0.1, 0.15) is 0 Å². The van der Waals surface area contributed by atoms with Crippen molar-refractivity contribution in [1.29, 1.82) is 0 Å². The summed E-state index contributed by atoms with van der Waals surface area (Å²) in [6.45, 7) is 0.489. The van der Waals surface area contributed by atoms with E-state index in [4.69, 9.17) is 17.3 Å². The number of hydrogen-bond acceptors (Lipinski definition) is 2. The van der Waals surface area contributed by atoms with Crippen LogP contribution < -0.4 is 5.73 Å². The zero-order valence-corrected chi connectivity index (χ0v) is 8.91. The van der Waals surface area contributed by atoms with Crippen LogP contribution in [0.25, 0.3) is 11.1 Å². The largest absolute Gasteiger partial charge is 0.326 e. The summed E-state index contributed by atoms with van der Waals surface area (Å²) >= 11 is 6.12. The van der Waals surface area contributed by atoms with E-state index < -0.39 is 0 Å². The van der Waals surface area contributed by atoms with Gasteiger partial charge in [-0.15, -0.1) is 0 Å². The smallest absolute Gasteiger partial charge is 0.0485 e. The Hall–Kier alpha value is -1.38. The molecule has 0 atom stereocenters. The van der Waals surface area contributed by atoms with Crippen molar-refractivity contribution in [1.82, 2.24) is 4.98 Å². The third kappa shape index (κ3) is 2.01. The number of aromatic nitrogens is 1. The summed E-state index contributed by atoms with van der Waals surface area (Å²) in [4.78, 5) is 4.10. The minimum atomic E-state index is 0.489. The average molecular weight is 219 g/mol. The summed E-state index contributed by atoms with van der Waals surface area (Å²) in [5.41, 5.74) is 8.71. The second kappa shape index (κ2) is 4.43. The van der Waals surface area contributed by atoms with Gasteiger partial charge >= 0.3 is 0 Å². The number of hydrogen-bond donors (Lipinski definition) is 1. The maximum atomic E-state index is 6.12. The monoisotopic (exact) mass is 218 g/mol. The predicted molar refractivity (Wildman–Crippen MR) is 62.6 cm³/mol. The highest BCUT2D eigenvalue weighted by atomic mass is 35.5. The third-order valence-electron chi connectivity index (χ3n) is 2.30. The SMILES string of the molecule is NCc1ccncc1-c1ccccc1Cl. The van der Waals surface area contributed by atoms with Crippen LogP contribution in [0.3, 0.4) is 0 Å². The normalized spacial score (nSPS) is 10.3. The van der Waals surface area contributed by atoms with Crippen LogP contribution in [0.15, 0.2) is 42.7 Å². The topological polar surface area (TPSA) is 38.9 Å². The predicted octanol–water partition coefficient (Wildman–Crippen LogP) is 2.86. The Morgan fingerprint density at radius 1 is 1.13 bits per heavy atom. The fraction of sp³-hybridized carbons (Fsp3) is 0.0833. The number of nitrogens with two attached hydrogens (primary N) is 1. The van der Waals surface area contributed by atoms with E-state index in [9.17, 15) is 0 Å². The molecule has 0 spiro atoms. The molecule has 2 nitrogen and oxygen atoms in total. The summed E-state index contributed by atoms with van der Waals surface area (Å²) in [6.07, 6.45) is 3.53. The van der Waals surface area contributed by atoms with Gasteiger partial charge in [0.15, 0.2) is 0 Å². The van der Waals surface area contributed by atoms with Gasteiger partial charge in [0, 0.05) is 35.1 Å². The van der Waals surface area contributed by atoms with E-state index in [0.717, 1.165) is 21.7 Å². The van der Waals surface area contributed by atoms with Gasteiger partial charge in [-0.05, 0) is 17.7 Å². The molecular formula is C12H11ClN2. The summed E-state index contributed by atoms with van der Waals surface area (Å²) in [5, 5.41) is 0.722. The molecule has 1 heterocycles. The first-order valence-electron chi connectivity index (χ1n) is 4.71. The maximum absolute atomic E-state index is 6.12. The number of rotatable bonds is 2. The highest BCUT2D eigenvalue weighted by Gasteiger charge is 2.06. The molecule has 2 rings (SSSR count). The molecule has 0 aliphatic heterocycles. The van der Waals surface area contributed by atoms with E-state index in [1.165, 1.54) is 0 Å². The van der Waals surface area contributed by atoms with E-state index in [0.29, 0.717) is 6.54 Å². The standard InChI is InChI=1S/C12H11ClN2/c13-12-4-2-1-3-10(12)11-8-15-6-5-9(11)7-14/h1-6,8H,7,14H2. The lowest BCUT2D eigenvalue weighted by atomic mass is 10.0. The lowest BCUT2D eigenvalue weighted by Crippen LogP contribution is -1.99. The molecule has 1 aromatic heterocycles. The van der Waals surface area contributed by atoms with Crippen molar-refractivity contribution < 1.29 is 0 Å². The van der Waals surface area contributed by atoms with Gasteiger partial charge in [-0.3, -0.25) is 4.98 Å². The van der Waals surface area contributed by atoms with Crippen LogP contribution in [0.2, 0.25) is 5.02 Å². The van der Waals surface area contributed by atoms with Crippen LogP contribution in [0.5, 0.6) is 0 Å². The van der Waals surface area contributed by atoms with Gasteiger partial charge in [0.05, 0.1) is 0 Å². The third-order valence-corrected chi connectivity index (χ3v) is 2.62. The summed E-state index contributed by atoms with van der Waals surface area (Å²) in [6, 6.07) is 9.61. The molecule has 3 heteroatoms. The molecule has 0 fully saturated rings. The lowest BCUT2D eigenvalue weighted by molar-refractivity contribution is 1.06. The van der Waals surface area contributed by atoms with E-state index in [2.05, 4.69) is 4.98 Å². The van der Waals surface area contributed by atoms with Crippen LogP contribution in [0.4, 0.5) is 0 Å². The minimum absolute atomic E-state index is 0.489. The molecule has 15 heavy (non-hydrogen) atoms. The second-order valence-corrected chi connectivity index (χ2v) is 3.62. The van der Waals surface area contributed by atoms with E-state index >= 15 is 0 Å². The Balaban J connectivity index is 2.59. The zero-order valence-electron chi connectivity index (χ0n) is 8.15. The molecule has 0 aliphatic carbocycles. The fourth-order valence-electron chi connectivity index (χ4n) is 1.52. The van der Waals surface area contributed by atoms with Gasteiger partial charge in [-0.25, -0.2) is 0 Å². The van der Waals surface area contributed by atoms with Crippen molar-refractivity contribution in [2.24, 2.45) is 5.73 Å². The highest BCUT2D eigenvalue weighted by molar-refractivity contribution is 6.33. The molecule has 0 amide bonds. The van der Waals surface area contributed by atoms with Gasteiger partial charge < -0.3 is 5.73 Å². The van der Waals surface area contributed by atoms with E-state index in [1.807, 2.05) is 30.3 Å². The first-order chi connectivity index (χ1) is 7.33. The van der Waals surface area contributed by atoms with E-state index in [-0.39, 0.29) is 0 Å². The molecule has 1 aromatic carbocycles. The van der Waals surface area contributed by atoms with Crippen LogP contribution in [-0.2, 0) is 6.54 Å². The number of pyridine rings is 1. The highest BCUT2D eigenvalue weighted by Crippen LogP contribution is 2.29. The summed E-state index contributed by atoms with van der Waals surface area (Å²) < 4.78 is 0. The van der Waals surface area contributed by atoms with Gasteiger partial charge in [-0.1, -0.05) is 29.8 Å². The Labute approximate surface area is 93.7 Å². The molecule has 0 aliphatic rings. The number of nitrogens with zero attached hydrogens (tertiary/aromatic N) is 1. The first-order valence-corrected chi connectivity index (χ1v) is 5.08. The van der Waals surface area contributed by atoms with Crippen molar-refractivity contribution in [3.63, 3.8) is 0 Å². The fourth-order valence-corrected chi connectivity index (χ4v) is 1.76. The number of benzene rings is 1. The Morgan fingerprint density at radius 3 is 2.67 bits per heavy atom. The van der Waals surface area contributed by atoms with Crippen LogP contribution in [-0.4, -0.2) is 4.98 Å². The second-order valence-electron chi connectivity index (χ2n) is 3.22. The van der Waals surface area contributed by atoms with Crippen molar-refractivity contribution >= 4 is 11.6 Å². The molecular weight excluding hydrogens is 208 g/mol. The Kier molecular flexibility index (Phi) is 2.99.